The van der Waals surface area contributed by atoms with Crippen molar-refractivity contribution in [3.05, 3.63) is 88.5 Å². The lowest BCUT2D eigenvalue weighted by Crippen LogP contribution is -2.50. The highest BCUT2D eigenvalue weighted by molar-refractivity contribution is 6.04. The molecule has 2 N–H and O–H groups in total. The fourth-order valence-corrected chi connectivity index (χ4v) is 6.72. The maximum Gasteiger partial charge on any atom is 0.335 e. The van der Waals surface area contributed by atoms with E-state index in [4.69, 9.17) is 4.74 Å². The Morgan fingerprint density at radius 1 is 1.00 bits per heavy atom. The summed E-state index contributed by atoms with van der Waals surface area (Å²) < 4.78 is 8.47. The lowest BCUT2D eigenvalue weighted by Gasteiger charge is -2.25. The Morgan fingerprint density at radius 2 is 1.77 bits per heavy atom. The van der Waals surface area contributed by atoms with Crippen LogP contribution in [0.15, 0.2) is 60.7 Å². The minimum absolute atomic E-state index is 0.0171. The zero-order chi connectivity index (χ0) is 30.3. The molecule has 1 aromatic heterocycles. The number of carbonyl (C=O) groups excluding carboxylic acids is 2. The van der Waals surface area contributed by atoms with Gasteiger partial charge in [0.1, 0.15) is 12.4 Å². The first-order valence-electron chi connectivity index (χ1n) is 15.2. The number of ether oxygens (including phenoxy) is 1. The predicted octanol–water partition coefficient (Wildman–Crippen LogP) is 7.08. The van der Waals surface area contributed by atoms with Crippen LogP contribution < -0.4 is 10.1 Å². The summed E-state index contributed by atoms with van der Waals surface area (Å²) in [6.45, 7) is 6.33. The van der Waals surface area contributed by atoms with Crippen molar-refractivity contribution in [2.75, 3.05) is 6.61 Å². The van der Waals surface area contributed by atoms with Gasteiger partial charge in [-0.25, -0.2) is 4.79 Å². The van der Waals surface area contributed by atoms with Crippen molar-refractivity contribution in [2.45, 2.75) is 77.3 Å². The molecule has 0 bridgehead atoms. The van der Waals surface area contributed by atoms with Crippen molar-refractivity contribution in [1.29, 1.82) is 0 Å². The van der Waals surface area contributed by atoms with Gasteiger partial charge in [0.2, 0.25) is 0 Å². The lowest BCUT2D eigenvalue weighted by atomic mass is 9.81. The summed E-state index contributed by atoms with van der Waals surface area (Å²) in [5.41, 5.74) is 5.40. The summed E-state index contributed by atoms with van der Waals surface area (Å²) in [5, 5.41) is 13.6. The second-order valence-corrected chi connectivity index (χ2v) is 12.5. The molecule has 0 atom stereocenters. The zero-order valence-corrected chi connectivity index (χ0v) is 25.0. The Kier molecular flexibility index (Phi) is 7.59. The van der Waals surface area contributed by atoms with Crippen LogP contribution in [0.5, 0.6) is 5.75 Å². The van der Waals surface area contributed by atoms with Crippen molar-refractivity contribution < 1.29 is 24.2 Å². The summed E-state index contributed by atoms with van der Waals surface area (Å²) >= 11 is 0. The number of ketones is 1. The van der Waals surface area contributed by atoms with Gasteiger partial charge in [0.05, 0.1) is 23.3 Å². The highest BCUT2D eigenvalue weighted by Gasteiger charge is 2.32. The fraction of sp³-hybridized carbons (Fsp3) is 0.361. The van der Waals surface area contributed by atoms with Gasteiger partial charge in [0.25, 0.3) is 5.91 Å². The molecule has 1 aliphatic carbocycles. The van der Waals surface area contributed by atoms with Crippen molar-refractivity contribution in [2.24, 2.45) is 0 Å². The number of aromatic nitrogens is 1. The quantitative estimate of drug-likeness (QED) is 0.244. The molecule has 0 saturated heterocycles. The molecule has 43 heavy (non-hydrogen) atoms. The van der Waals surface area contributed by atoms with Crippen molar-refractivity contribution in [1.82, 2.24) is 9.88 Å². The number of amides is 1. The van der Waals surface area contributed by atoms with E-state index in [9.17, 15) is 19.5 Å². The Morgan fingerprint density at radius 3 is 2.53 bits per heavy atom. The molecule has 6 rings (SSSR count). The molecule has 1 amide bonds. The SMILES string of the molecule is Cc1ccc(CC(=O)C(C)(C)NC(=O)c2ccc3c(C4CCCCC4)c4n(c3c2)CCOc2ccccc2-4)cc1C(=O)O. The number of hydrogen-bond donors (Lipinski definition) is 2. The van der Waals surface area contributed by atoms with E-state index in [1.807, 2.05) is 24.3 Å². The van der Waals surface area contributed by atoms with Crippen molar-refractivity contribution in [3.63, 3.8) is 0 Å². The number of nitrogens with zero attached hydrogens (tertiary/aromatic N) is 1. The number of nitrogens with one attached hydrogen (secondary N) is 1. The molecule has 1 aliphatic heterocycles. The van der Waals surface area contributed by atoms with Gasteiger partial charge in [-0.15, -0.1) is 0 Å². The molecule has 2 heterocycles. The number of benzene rings is 3. The van der Waals surface area contributed by atoms with Gasteiger partial charge in [-0.05, 0) is 86.6 Å². The predicted molar refractivity (Wildman–Crippen MR) is 167 cm³/mol. The van der Waals surface area contributed by atoms with Crippen LogP contribution in [0.25, 0.3) is 22.2 Å². The maximum atomic E-state index is 13.6. The molecule has 4 aromatic rings. The Labute approximate surface area is 251 Å². The average molecular weight is 579 g/mol. The Hall–Kier alpha value is -4.39. The topological polar surface area (TPSA) is 97.6 Å². The summed E-state index contributed by atoms with van der Waals surface area (Å²) in [6, 6.07) is 19.1. The Bertz CT molecular complexity index is 1740. The van der Waals surface area contributed by atoms with Crippen LogP contribution in [0.2, 0.25) is 0 Å². The number of fused-ring (bicyclic) bond motifs is 5. The van der Waals surface area contributed by atoms with Gasteiger partial charge in [0.15, 0.2) is 5.78 Å². The van der Waals surface area contributed by atoms with Gasteiger partial charge in [0, 0.05) is 28.5 Å². The number of aromatic carboxylic acids is 1. The molecule has 7 heteroatoms. The van der Waals surface area contributed by atoms with E-state index in [0.717, 1.165) is 29.7 Å². The number of carboxylic acid groups (broad SMARTS) is 1. The molecule has 7 nitrogen and oxygen atoms in total. The average Bonchev–Trinajstić information content (AvgIpc) is 3.19. The highest BCUT2D eigenvalue weighted by atomic mass is 16.5. The molecule has 0 unspecified atom stereocenters. The fourth-order valence-electron chi connectivity index (χ4n) is 6.72. The first kappa shape index (κ1) is 28.7. The Balaban J connectivity index is 1.32. The minimum Gasteiger partial charge on any atom is -0.491 e. The molecule has 0 radical (unpaired) electrons. The number of rotatable bonds is 7. The summed E-state index contributed by atoms with van der Waals surface area (Å²) in [6.07, 6.45) is 6.04. The zero-order valence-electron chi connectivity index (χ0n) is 25.0. The molecule has 222 valence electrons. The van der Waals surface area contributed by atoms with Gasteiger partial charge in [-0.1, -0.05) is 49.6 Å². The minimum atomic E-state index is -1.16. The van der Waals surface area contributed by atoms with Crippen molar-refractivity contribution in [3.8, 4) is 17.0 Å². The molecular formula is C36H38N2O5. The van der Waals surface area contributed by atoms with Gasteiger partial charge < -0.3 is 19.7 Å². The second-order valence-electron chi connectivity index (χ2n) is 12.5. The first-order valence-corrected chi connectivity index (χ1v) is 15.2. The largest absolute Gasteiger partial charge is 0.491 e. The second kappa shape index (κ2) is 11.4. The van der Waals surface area contributed by atoms with E-state index in [1.165, 1.54) is 42.0 Å². The van der Waals surface area contributed by atoms with Gasteiger partial charge in [-0.2, -0.15) is 0 Å². The van der Waals surface area contributed by atoms with E-state index < -0.39 is 11.5 Å². The van der Waals surface area contributed by atoms with Crippen LogP contribution in [-0.2, 0) is 17.8 Å². The van der Waals surface area contributed by atoms with E-state index in [1.54, 1.807) is 32.9 Å². The summed E-state index contributed by atoms with van der Waals surface area (Å²) in [4.78, 5) is 38.5. The monoisotopic (exact) mass is 578 g/mol. The lowest BCUT2D eigenvalue weighted by molar-refractivity contribution is -0.123. The van der Waals surface area contributed by atoms with Gasteiger partial charge >= 0.3 is 5.97 Å². The van der Waals surface area contributed by atoms with E-state index in [-0.39, 0.29) is 23.7 Å². The van der Waals surface area contributed by atoms with E-state index >= 15 is 0 Å². The molecule has 2 aliphatic rings. The number of carbonyl (C=O) groups is 3. The molecular weight excluding hydrogens is 540 g/mol. The molecule has 1 saturated carbocycles. The highest BCUT2D eigenvalue weighted by Crippen LogP contribution is 2.47. The normalized spacial score (nSPS) is 15.2. The number of carboxylic acids is 1. The van der Waals surface area contributed by atoms with Crippen LogP contribution in [0.3, 0.4) is 0 Å². The molecule has 3 aromatic carbocycles. The van der Waals surface area contributed by atoms with E-state index in [0.29, 0.717) is 35.8 Å². The number of hydrogen-bond acceptors (Lipinski definition) is 4. The van der Waals surface area contributed by atoms with Crippen LogP contribution in [-0.4, -0.2) is 39.5 Å². The summed E-state index contributed by atoms with van der Waals surface area (Å²) in [5.74, 6) is -0.205. The third-order valence-corrected chi connectivity index (χ3v) is 9.11. The van der Waals surface area contributed by atoms with Crippen LogP contribution in [0.1, 0.15) is 89.3 Å². The third-order valence-electron chi connectivity index (χ3n) is 9.11. The first-order chi connectivity index (χ1) is 20.6. The van der Waals surface area contributed by atoms with Crippen LogP contribution in [0.4, 0.5) is 0 Å². The standard InChI is InChI=1S/C36H38N2O5/c1-22-13-14-23(19-28(22)35(41)42)20-31(39)36(2,3)37-34(40)25-15-16-26-29(21-25)38-17-18-43-30-12-8-7-11-27(30)33(38)32(26)24-9-5-4-6-10-24/h7-8,11-16,19,21,24H,4-6,9-10,17-18,20H2,1-3H3,(H,37,40)(H,41,42). The smallest absolute Gasteiger partial charge is 0.335 e. The maximum absolute atomic E-state index is 13.6. The summed E-state index contributed by atoms with van der Waals surface area (Å²) in [7, 11) is 0. The number of Topliss-reactive ketones (excluding diaryl/α,β-unsaturated/α-hetero) is 1. The van der Waals surface area contributed by atoms with E-state index in [2.05, 4.69) is 28.1 Å². The van der Waals surface area contributed by atoms with Crippen LogP contribution in [0, 0.1) is 6.92 Å². The number of aryl methyl sites for hydroxylation is 1. The van der Waals surface area contributed by atoms with Crippen molar-refractivity contribution >= 4 is 28.6 Å². The van der Waals surface area contributed by atoms with Gasteiger partial charge in [-0.3, -0.25) is 9.59 Å². The number of para-hydroxylation sites is 1. The molecule has 0 spiro atoms. The molecule has 1 fully saturated rings. The third kappa shape index (κ3) is 5.44. The van der Waals surface area contributed by atoms with Crippen LogP contribution >= 0.6 is 0 Å².